The van der Waals surface area contributed by atoms with Crippen LogP contribution in [0, 0.1) is 0 Å². The van der Waals surface area contributed by atoms with Crippen molar-refractivity contribution in [2.45, 2.75) is 36.7 Å². The maximum absolute atomic E-state index is 5.91. The summed E-state index contributed by atoms with van der Waals surface area (Å²) in [7, 11) is 0. The van der Waals surface area contributed by atoms with E-state index >= 15 is 0 Å². The van der Waals surface area contributed by atoms with E-state index < -0.39 is 0 Å². The Morgan fingerprint density at radius 2 is 2.30 bits per heavy atom. The van der Waals surface area contributed by atoms with Gasteiger partial charge in [-0.3, -0.25) is 0 Å². The van der Waals surface area contributed by atoms with Crippen LogP contribution in [-0.4, -0.2) is 34.7 Å². The van der Waals surface area contributed by atoms with Crippen LogP contribution >= 0.6 is 15.9 Å². The highest BCUT2D eigenvalue weighted by atomic mass is 79.9. The molecule has 3 heterocycles. The van der Waals surface area contributed by atoms with Gasteiger partial charge in [0.05, 0.1) is 24.4 Å². The lowest BCUT2D eigenvalue weighted by molar-refractivity contribution is 0.0253. The Labute approximate surface area is 126 Å². The predicted molar refractivity (Wildman–Crippen MR) is 82.5 cm³/mol. The normalized spacial score (nSPS) is 26.1. The lowest BCUT2D eigenvalue weighted by atomic mass is 10.1. The Morgan fingerprint density at radius 3 is 3.20 bits per heavy atom. The third kappa shape index (κ3) is 1.87. The zero-order valence-electron chi connectivity index (χ0n) is 11.3. The number of hydrogen-bond donors (Lipinski definition) is 0. The third-order valence-corrected chi connectivity index (χ3v) is 5.02. The molecule has 2 aromatic rings. The summed E-state index contributed by atoms with van der Waals surface area (Å²) < 4.78 is 8.10. The van der Waals surface area contributed by atoms with Crippen LogP contribution in [0.2, 0.25) is 0 Å². The van der Waals surface area contributed by atoms with Gasteiger partial charge in [0.1, 0.15) is 5.65 Å². The number of aromatic nitrogens is 2. The molecule has 1 saturated heterocycles. The average Bonchev–Trinajstić information content (AvgIpc) is 3.10. The molecule has 2 fully saturated rings. The quantitative estimate of drug-likeness (QED) is 0.790. The van der Waals surface area contributed by atoms with Crippen LogP contribution in [0.3, 0.4) is 0 Å². The van der Waals surface area contributed by atoms with E-state index in [1.54, 1.807) is 0 Å². The fourth-order valence-electron chi connectivity index (χ4n) is 3.58. The van der Waals surface area contributed by atoms with E-state index in [0.717, 1.165) is 29.9 Å². The van der Waals surface area contributed by atoms with Crippen LogP contribution in [0.1, 0.15) is 25.0 Å². The number of morpholine rings is 1. The van der Waals surface area contributed by atoms with Gasteiger partial charge in [0.2, 0.25) is 0 Å². The second-order valence-electron chi connectivity index (χ2n) is 5.55. The van der Waals surface area contributed by atoms with Crippen LogP contribution in [0.4, 0.5) is 5.82 Å². The molecule has 4 nitrogen and oxygen atoms in total. The second kappa shape index (κ2) is 5.04. The van der Waals surface area contributed by atoms with Crippen molar-refractivity contribution in [3.8, 4) is 0 Å². The Hall–Kier alpha value is -1.07. The topological polar surface area (TPSA) is 29.8 Å². The molecule has 4 rings (SSSR count). The first kappa shape index (κ1) is 12.7. The van der Waals surface area contributed by atoms with Crippen molar-refractivity contribution in [2.24, 2.45) is 0 Å². The number of pyridine rings is 1. The Morgan fingerprint density at radius 1 is 1.35 bits per heavy atom. The fourth-order valence-corrected chi connectivity index (χ4v) is 4.10. The van der Waals surface area contributed by atoms with Gasteiger partial charge in [0.15, 0.2) is 5.82 Å². The molecule has 0 aromatic carbocycles. The summed E-state index contributed by atoms with van der Waals surface area (Å²) in [4.78, 5) is 7.35. The lowest BCUT2D eigenvalue weighted by Crippen LogP contribution is -2.49. The molecule has 2 unspecified atom stereocenters. The summed E-state index contributed by atoms with van der Waals surface area (Å²) in [6.45, 7) is 1.77. The molecule has 1 saturated carbocycles. The molecule has 0 spiro atoms. The van der Waals surface area contributed by atoms with Gasteiger partial charge in [0.25, 0.3) is 0 Å². The largest absolute Gasteiger partial charge is 0.374 e. The number of imidazole rings is 1. The minimum absolute atomic E-state index is 0.400. The molecule has 0 radical (unpaired) electrons. The van der Waals surface area contributed by atoms with Crippen LogP contribution in [0.15, 0.2) is 24.4 Å². The van der Waals surface area contributed by atoms with E-state index in [1.807, 2.05) is 6.07 Å². The SMILES string of the molecule is BrCc1c(N2CCOC3CCCC32)nc2ccccn12. The number of fused-ring (bicyclic) bond motifs is 2. The average molecular weight is 336 g/mol. The summed E-state index contributed by atoms with van der Waals surface area (Å²) >= 11 is 3.63. The maximum atomic E-state index is 5.91. The van der Waals surface area contributed by atoms with Gasteiger partial charge in [-0.05, 0) is 31.4 Å². The molecule has 0 N–H and O–H groups in total. The first-order chi connectivity index (χ1) is 9.88. The van der Waals surface area contributed by atoms with Crippen molar-refractivity contribution in [1.29, 1.82) is 0 Å². The molecule has 1 aliphatic carbocycles. The molecule has 2 atom stereocenters. The number of alkyl halides is 1. The summed E-state index contributed by atoms with van der Waals surface area (Å²) in [6.07, 6.45) is 6.17. The van der Waals surface area contributed by atoms with Crippen molar-refractivity contribution < 1.29 is 4.74 Å². The third-order valence-electron chi connectivity index (χ3n) is 4.49. The maximum Gasteiger partial charge on any atom is 0.152 e. The minimum Gasteiger partial charge on any atom is -0.374 e. The van der Waals surface area contributed by atoms with E-state index in [2.05, 4.69) is 43.6 Å². The molecular weight excluding hydrogens is 318 g/mol. The molecule has 0 bridgehead atoms. The standard InChI is InChI=1S/C15H18BrN3O/c16-10-12-15(17-14-6-1-2-7-18(12)14)19-8-9-20-13-5-3-4-11(13)19/h1-2,6-7,11,13H,3-5,8-10H2. The molecular formula is C15H18BrN3O. The van der Waals surface area contributed by atoms with Crippen molar-refractivity contribution in [3.63, 3.8) is 0 Å². The van der Waals surface area contributed by atoms with Gasteiger partial charge in [0, 0.05) is 18.1 Å². The van der Waals surface area contributed by atoms with Crippen molar-refractivity contribution in [3.05, 3.63) is 30.1 Å². The van der Waals surface area contributed by atoms with Crippen LogP contribution in [-0.2, 0) is 10.1 Å². The van der Waals surface area contributed by atoms with Crippen molar-refractivity contribution in [2.75, 3.05) is 18.1 Å². The number of ether oxygens (including phenoxy) is 1. The zero-order chi connectivity index (χ0) is 13.5. The Bertz CT molecular complexity index is 627. The number of halogens is 1. The first-order valence-corrected chi connectivity index (χ1v) is 8.41. The fraction of sp³-hybridized carbons (Fsp3) is 0.533. The highest BCUT2D eigenvalue weighted by molar-refractivity contribution is 9.08. The van der Waals surface area contributed by atoms with Crippen molar-refractivity contribution >= 4 is 27.4 Å². The number of hydrogen-bond acceptors (Lipinski definition) is 3. The second-order valence-corrected chi connectivity index (χ2v) is 6.11. The van der Waals surface area contributed by atoms with Gasteiger partial charge < -0.3 is 14.0 Å². The smallest absolute Gasteiger partial charge is 0.152 e. The number of nitrogens with zero attached hydrogens (tertiary/aromatic N) is 3. The van der Waals surface area contributed by atoms with Crippen LogP contribution in [0.5, 0.6) is 0 Å². The van der Waals surface area contributed by atoms with E-state index in [9.17, 15) is 0 Å². The Balaban J connectivity index is 1.80. The van der Waals surface area contributed by atoms with Gasteiger partial charge in [-0.1, -0.05) is 22.0 Å². The van der Waals surface area contributed by atoms with E-state index in [-0.39, 0.29) is 0 Å². The molecule has 2 aliphatic rings. The summed E-state index contributed by atoms with van der Waals surface area (Å²) in [5.41, 5.74) is 2.27. The van der Waals surface area contributed by atoms with E-state index in [4.69, 9.17) is 9.72 Å². The number of rotatable bonds is 2. The van der Waals surface area contributed by atoms with Gasteiger partial charge in [-0.25, -0.2) is 4.98 Å². The van der Waals surface area contributed by atoms with E-state index in [1.165, 1.54) is 25.0 Å². The molecule has 106 valence electrons. The predicted octanol–water partition coefficient (Wildman–Crippen LogP) is 2.99. The minimum atomic E-state index is 0.400. The van der Waals surface area contributed by atoms with Gasteiger partial charge in [-0.15, -0.1) is 0 Å². The Kier molecular flexibility index (Phi) is 3.19. The van der Waals surface area contributed by atoms with Gasteiger partial charge >= 0.3 is 0 Å². The first-order valence-electron chi connectivity index (χ1n) is 7.28. The highest BCUT2D eigenvalue weighted by Crippen LogP contribution is 2.35. The monoisotopic (exact) mass is 335 g/mol. The molecule has 1 aliphatic heterocycles. The molecule has 2 aromatic heterocycles. The van der Waals surface area contributed by atoms with Gasteiger partial charge in [-0.2, -0.15) is 0 Å². The summed E-state index contributed by atoms with van der Waals surface area (Å²) in [5.74, 6) is 1.13. The highest BCUT2D eigenvalue weighted by Gasteiger charge is 2.38. The molecule has 20 heavy (non-hydrogen) atoms. The molecule has 5 heteroatoms. The van der Waals surface area contributed by atoms with Crippen molar-refractivity contribution in [1.82, 2.24) is 9.38 Å². The molecule has 0 amide bonds. The zero-order valence-corrected chi connectivity index (χ0v) is 12.9. The summed E-state index contributed by atoms with van der Waals surface area (Å²) in [5, 5.41) is 0.822. The number of anilines is 1. The lowest BCUT2D eigenvalue weighted by Gasteiger charge is -2.38. The van der Waals surface area contributed by atoms with Crippen LogP contribution < -0.4 is 4.90 Å². The van der Waals surface area contributed by atoms with Crippen LogP contribution in [0.25, 0.3) is 5.65 Å². The van der Waals surface area contributed by atoms with E-state index in [0.29, 0.717) is 12.1 Å². The summed E-state index contributed by atoms with van der Waals surface area (Å²) in [6, 6.07) is 6.68.